The molecule has 33 heavy (non-hydrogen) atoms. The highest BCUT2D eigenvalue weighted by Crippen LogP contribution is 2.30. The van der Waals surface area contributed by atoms with E-state index >= 15 is 0 Å². The van der Waals surface area contributed by atoms with Gasteiger partial charge in [-0.05, 0) is 53.6 Å². The number of nitrogens with zero attached hydrogens (tertiary/aromatic N) is 2. The van der Waals surface area contributed by atoms with Gasteiger partial charge in [0.1, 0.15) is 5.82 Å². The Morgan fingerprint density at radius 2 is 1.61 bits per heavy atom. The van der Waals surface area contributed by atoms with Crippen molar-refractivity contribution in [1.82, 2.24) is 4.90 Å². The van der Waals surface area contributed by atoms with Crippen LogP contribution in [0.5, 0.6) is 0 Å². The van der Waals surface area contributed by atoms with E-state index in [0.29, 0.717) is 33.5 Å². The van der Waals surface area contributed by atoms with Crippen LogP contribution >= 0.6 is 11.3 Å². The molecule has 4 aromatic rings. The van der Waals surface area contributed by atoms with Crippen molar-refractivity contribution in [2.24, 2.45) is 0 Å². The van der Waals surface area contributed by atoms with Gasteiger partial charge in [0.25, 0.3) is 17.7 Å². The number of carbonyl (C=O) groups excluding carboxylic acids is 3. The molecule has 0 radical (unpaired) electrons. The van der Waals surface area contributed by atoms with Crippen LogP contribution in [0.25, 0.3) is 10.8 Å². The Balaban J connectivity index is 1.38. The lowest BCUT2D eigenvalue weighted by Gasteiger charge is -2.28. The highest BCUT2D eigenvalue weighted by molar-refractivity contribution is 7.12. The molecular weight excluding hydrogens is 439 g/mol. The van der Waals surface area contributed by atoms with E-state index in [1.807, 2.05) is 12.1 Å². The number of rotatable bonds is 6. The van der Waals surface area contributed by atoms with Gasteiger partial charge >= 0.3 is 0 Å². The summed E-state index contributed by atoms with van der Waals surface area (Å²) in [4.78, 5) is 42.5. The van der Waals surface area contributed by atoms with Crippen LogP contribution in [0.1, 0.15) is 36.8 Å². The number of hydrogen-bond acceptors (Lipinski definition) is 4. The van der Waals surface area contributed by atoms with Crippen molar-refractivity contribution in [1.29, 1.82) is 0 Å². The zero-order valence-corrected chi connectivity index (χ0v) is 18.3. The maximum absolute atomic E-state index is 13.9. The van der Waals surface area contributed by atoms with Gasteiger partial charge in [0.05, 0.1) is 4.88 Å². The van der Waals surface area contributed by atoms with Gasteiger partial charge in [0, 0.05) is 35.3 Å². The van der Waals surface area contributed by atoms with E-state index in [1.54, 1.807) is 53.9 Å². The third-order valence-electron chi connectivity index (χ3n) is 5.72. The quantitative estimate of drug-likeness (QED) is 0.365. The standard InChI is InChI=1S/C26H19FN2O3S/c27-18-8-3-9-19(16-18)28(26(32)22-12-4-15-33-22)13-5-14-29-24(30)20-10-1-6-17-7-2-11-21(23(17)20)25(29)31/h1-4,6-12,15-16H,5,13-14H2. The third kappa shape index (κ3) is 3.81. The van der Waals surface area contributed by atoms with Gasteiger partial charge in [-0.3, -0.25) is 19.3 Å². The second-order valence-corrected chi connectivity index (χ2v) is 8.69. The molecule has 1 aromatic heterocycles. The average Bonchev–Trinajstić information content (AvgIpc) is 3.37. The molecule has 0 atom stereocenters. The summed E-state index contributed by atoms with van der Waals surface area (Å²) in [5.74, 6) is -1.37. The molecule has 0 saturated carbocycles. The lowest BCUT2D eigenvalue weighted by molar-refractivity contribution is 0.0610. The van der Waals surface area contributed by atoms with E-state index in [4.69, 9.17) is 0 Å². The molecule has 0 bridgehead atoms. The first-order valence-corrected chi connectivity index (χ1v) is 11.4. The largest absolute Gasteiger partial charge is 0.308 e. The Hall–Kier alpha value is -3.84. The SMILES string of the molecule is O=C1c2cccc3cccc(c23)C(=O)N1CCCN(C(=O)c1cccs1)c1cccc(F)c1. The van der Waals surface area contributed by atoms with Crippen molar-refractivity contribution >= 4 is 45.5 Å². The molecule has 5 nitrogen and oxygen atoms in total. The van der Waals surface area contributed by atoms with Crippen LogP contribution in [-0.4, -0.2) is 35.7 Å². The summed E-state index contributed by atoms with van der Waals surface area (Å²) in [6.07, 6.45) is 0.350. The molecular formula is C26H19FN2O3S. The lowest BCUT2D eigenvalue weighted by atomic mass is 9.94. The minimum atomic E-state index is -0.442. The number of benzene rings is 3. The van der Waals surface area contributed by atoms with E-state index in [9.17, 15) is 18.8 Å². The van der Waals surface area contributed by atoms with E-state index in [2.05, 4.69) is 0 Å². The first-order valence-electron chi connectivity index (χ1n) is 10.5. The van der Waals surface area contributed by atoms with Crippen LogP contribution < -0.4 is 4.90 Å². The van der Waals surface area contributed by atoms with Gasteiger partial charge in [-0.15, -0.1) is 11.3 Å². The van der Waals surface area contributed by atoms with Gasteiger partial charge in [-0.2, -0.15) is 0 Å². The average molecular weight is 459 g/mol. The van der Waals surface area contributed by atoms with Crippen molar-refractivity contribution in [2.75, 3.05) is 18.0 Å². The topological polar surface area (TPSA) is 57.7 Å². The molecule has 0 aliphatic carbocycles. The Kier molecular flexibility index (Phi) is 5.48. The predicted molar refractivity (Wildman–Crippen MR) is 126 cm³/mol. The summed E-state index contributed by atoms with van der Waals surface area (Å²) >= 11 is 1.31. The van der Waals surface area contributed by atoms with Crippen LogP contribution in [0.4, 0.5) is 10.1 Å². The van der Waals surface area contributed by atoms with Crippen LogP contribution in [0.2, 0.25) is 0 Å². The fourth-order valence-electron chi connectivity index (χ4n) is 4.20. The molecule has 0 spiro atoms. The van der Waals surface area contributed by atoms with Crippen molar-refractivity contribution in [2.45, 2.75) is 6.42 Å². The van der Waals surface area contributed by atoms with Crippen LogP contribution in [0, 0.1) is 5.82 Å². The first kappa shape index (κ1) is 21.0. The van der Waals surface area contributed by atoms with Crippen molar-refractivity contribution in [3.63, 3.8) is 0 Å². The second kappa shape index (κ2) is 8.60. The Morgan fingerprint density at radius 3 is 2.24 bits per heavy atom. The van der Waals surface area contributed by atoms with Gasteiger partial charge < -0.3 is 4.90 Å². The number of thiophene rings is 1. The third-order valence-corrected chi connectivity index (χ3v) is 6.57. The van der Waals surface area contributed by atoms with Crippen molar-refractivity contribution < 1.29 is 18.8 Å². The summed E-state index contributed by atoms with van der Waals surface area (Å²) < 4.78 is 13.9. The molecule has 3 amide bonds. The molecule has 0 saturated heterocycles. The Morgan fingerprint density at radius 1 is 0.909 bits per heavy atom. The number of imide groups is 1. The molecule has 0 fully saturated rings. The van der Waals surface area contributed by atoms with Gasteiger partial charge in [-0.25, -0.2) is 4.39 Å². The van der Waals surface area contributed by atoms with Gasteiger partial charge in [0.15, 0.2) is 0 Å². The number of hydrogen-bond donors (Lipinski definition) is 0. The van der Waals surface area contributed by atoms with E-state index in [-0.39, 0.29) is 30.8 Å². The summed E-state index contributed by atoms with van der Waals surface area (Å²) in [5, 5.41) is 3.34. The van der Waals surface area contributed by atoms with Crippen LogP contribution in [0.15, 0.2) is 78.2 Å². The molecule has 1 aliphatic rings. The van der Waals surface area contributed by atoms with Gasteiger partial charge in [-0.1, -0.05) is 36.4 Å². The smallest absolute Gasteiger partial charge is 0.268 e. The maximum Gasteiger partial charge on any atom is 0.268 e. The molecule has 2 heterocycles. The molecule has 0 unspecified atom stereocenters. The molecule has 164 valence electrons. The molecule has 5 rings (SSSR count). The van der Waals surface area contributed by atoms with Crippen molar-refractivity contribution in [3.8, 4) is 0 Å². The fourth-order valence-corrected chi connectivity index (χ4v) is 4.87. The number of anilines is 1. The molecule has 7 heteroatoms. The summed E-state index contributed by atoms with van der Waals surface area (Å²) in [6.45, 7) is 0.370. The number of halogens is 1. The van der Waals surface area contributed by atoms with Gasteiger partial charge in [0.2, 0.25) is 0 Å². The van der Waals surface area contributed by atoms with E-state index < -0.39 is 5.82 Å². The van der Waals surface area contributed by atoms with Crippen LogP contribution in [0.3, 0.4) is 0 Å². The number of amides is 3. The predicted octanol–water partition coefficient (Wildman–Crippen LogP) is 5.37. The maximum atomic E-state index is 13.9. The first-order chi connectivity index (χ1) is 16.0. The number of carbonyl (C=O) groups is 3. The van der Waals surface area contributed by atoms with E-state index in [1.165, 1.54) is 33.3 Å². The van der Waals surface area contributed by atoms with Crippen LogP contribution in [-0.2, 0) is 0 Å². The lowest BCUT2D eigenvalue weighted by Crippen LogP contribution is -2.42. The second-order valence-electron chi connectivity index (χ2n) is 7.74. The minimum Gasteiger partial charge on any atom is -0.308 e. The molecule has 1 aliphatic heterocycles. The molecule has 3 aromatic carbocycles. The Labute approximate surface area is 193 Å². The highest BCUT2D eigenvalue weighted by atomic mass is 32.1. The monoisotopic (exact) mass is 458 g/mol. The highest BCUT2D eigenvalue weighted by Gasteiger charge is 2.32. The molecule has 0 N–H and O–H groups in total. The Bertz CT molecular complexity index is 1330. The summed E-state index contributed by atoms with van der Waals surface area (Å²) in [6, 6.07) is 20.2. The normalized spacial score (nSPS) is 12.9. The zero-order chi connectivity index (χ0) is 22.9. The zero-order valence-electron chi connectivity index (χ0n) is 17.5. The summed E-state index contributed by atoms with van der Waals surface area (Å²) in [7, 11) is 0. The summed E-state index contributed by atoms with van der Waals surface area (Å²) in [5.41, 5.74) is 1.43. The van der Waals surface area contributed by atoms with Crippen molar-refractivity contribution in [3.05, 3.63) is 100.0 Å². The fraction of sp³-hybridized carbons (Fsp3) is 0.115. The van der Waals surface area contributed by atoms with E-state index in [0.717, 1.165) is 5.39 Å². The minimum absolute atomic E-state index is 0.145.